The van der Waals surface area contributed by atoms with Crippen LogP contribution in [0.4, 0.5) is 0 Å². The van der Waals surface area contributed by atoms with Crippen LogP contribution < -0.4 is 0 Å². The molecule has 0 spiro atoms. The first-order valence-corrected chi connectivity index (χ1v) is 18.1. The number of allylic oxidation sites excluding steroid dienone is 2. The van der Waals surface area contributed by atoms with Crippen LogP contribution in [0.2, 0.25) is 0 Å². The van der Waals surface area contributed by atoms with Crippen molar-refractivity contribution in [1.29, 1.82) is 0 Å². The average Bonchev–Trinajstić information content (AvgIpc) is 2.90. The lowest BCUT2D eigenvalue weighted by Gasteiger charge is -2.15. The number of rotatable bonds is 30. The van der Waals surface area contributed by atoms with Crippen LogP contribution in [0.15, 0.2) is 11.6 Å². The van der Waals surface area contributed by atoms with Crippen molar-refractivity contribution in [3.05, 3.63) is 11.6 Å². The monoisotopic (exact) mass is 563 g/mol. The van der Waals surface area contributed by atoms with Crippen LogP contribution in [0.25, 0.3) is 0 Å². The normalized spacial score (nSPS) is 14.5. The molecule has 0 aliphatic carbocycles. The minimum atomic E-state index is -0.606. The van der Waals surface area contributed by atoms with Gasteiger partial charge in [0.1, 0.15) is 0 Å². The molecule has 0 saturated carbocycles. The van der Waals surface area contributed by atoms with Gasteiger partial charge in [-0.05, 0) is 50.4 Å². The lowest BCUT2D eigenvalue weighted by atomic mass is 9.91. The van der Waals surface area contributed by atoms with Crippen LogP contribution in [0.3, 0.4) is 0 Å². The second-order valence-corrected chi connectivity index (χ2v) is 14.1. The van der Waals surface area contributed by atoms with Gasteiger partial charge in [0.05, 0.1) is 5.92 Å². The molecule has 0 aromatic carbocycles. The van der Waals surface area contributed by atoms with Gasteiger partial charge < -0.3 is 5.11 Å². The van der Waals surface area contributed by atoms with E-state index in [2.05, 4.69) is 47.6 Å². The minimum Gasteiger partial charge on any atom is -0.481 e. The summed E-state index contributed by atoms with van der Waals surface area (Å²) >= 11 is 0. The van der Waals surface area contributed by atoms with Gasteiger partial charge in [0.25, 0.3) is 0 Å². The molecule has 40 heavy (non-hydrogen) atoms. The Morgan fingerprint density at radius 2 is 1.00 bits per heavy atom. The zero-order valence-electron chi connectivity index (χ0n) is 28.4. The predicted octanol–water partition coefficient (Wildman–Crippen LogP) is 13.3. The van der Waals surface area contributed by atoms with Crippen LogP contribution >= 0.6 is 0 Å². The molecule has 0 aliphatic rings. The summed E-state index contributed by atoms with van der Waals surface area (Å²) in [5, 5.41) is 9.70. The molecule has 0 heterocycles. The fraction of sp³-hybridized carbons (Fsp3) is 0.921. The van der Waals surface area contributed by atoms with Crippen molar-refractivity contribution in [2.45, 2.75) is 202 Å². The lowest BCUT2D eigenvalue weighted by Crippen LogP contribution is -2.13. The van der Waals surface area contributed by atoms with Crippen molar-refractivity contribution in [1.82, 2.24) is 0 Å². The van der Waals surface area contributed by atoms with Crippen molar-refractivity contribution in [2.24, 2.45) is 23.7 Å². The Morgan fingerprint density at radius 1 is 0.575 bits per heavy atom. The summed E-state index contributed by atoms with van der Waals surface area (Å²) in [5.74, 6) is 1.72. The van der Waals surface area contributed by atoms with E-state index in [-0.39, 0.29) is 5.92 Å². The van der Waals surface area contributed by atoms with Crippen LogP contribution in [0, 0.1) is 23.7 Å². The predicted molar refractivity (Wildman–Crippen MR) is 179 cm³/mol. The maximum Gasteiger partial charge on any atom is 0.306 e. The second kappa shape index (κ2) is 28.3. The Kier molecular flexibility index (Phi) is 27.8. The molecule has 2 nitrogen and oxygen atoms in total. The smallest absolute Gasteiger partial charge is 0.306 e. The summed E-state index contributed by atoms with van der Waals surface area (Å²) in [5.41, 5.74) is 1.39. The zero-order valence-corrected chi connectivity index (χ0v) is 28.4. The van der Waals surface area contributed by atoms with Gasteiger partial charge >= 0.3 is 5.97 Å². The van der Waals surface area contributed by atoms with E-state index in [4.69, 9.17) is 0 Å². The number of hydrogen-bond donors (Lipinski definition) is 1. The lowest BCUT2D eigenvalue weighted by molar-refractivity contribution is -0.141. The third-order valence-electron chi connectivity index (χ3n) is 9.15. The summed E-state index contributed by atoms with van der Waals surface area (Å²) in [6.07, 6.45) is 34.6. The summed E-state index contributed by atoms with van der Waals surface area (Å²) in [6.45, 7) is 14.0. The highest BCUT2D eigenvalue weighted by Crippen LogP contribution is 2.23. The van der Waals surface area contributed by atoms with Gasteiger partial charge in [-0.25, -0.2) is 0 Å². The number of carbonyl (C=O) groups is 1. The van der Waals surface area contributed by atoms with Crippen molar-refractivity contribution in [3.8, 4) is 0 Å². The fourth-order valence-corrected chi connectivity index (χ4v) is 6.08. The summed E-state index contributed by atoms with van der Waals surface area (Å²) in [6, 6.07) is 0. The third kappa shape index (κ3) is 27.4. The fourth-order valence-electron chi connectivity index (χ4n) is 6.08. The second-order valence-electron chi connectivity index (χ2n) is 14.1. The molecule has 0 radical (unpaired) electrons. The Hall–Kier alpha value is -0.790. The minimum absolute atomic E-state index is 0.200. The molecule has 238 valence electrons. The molecule has 0 aliphatic heterocycles. The molecular weight excluding hydrogens is 488 g/mol. The van der Waals surface area contributed by atoms with Gasteiger partial charge in [0.2, 0.25) is 0 Å². The van der Waals surface area contributed by atoms with E-state index in [1.807, 2.05) is 0 Å². The Balaban J connectivity index is 3.81. The van der Waals surface area contributed by atoms with Gasteiger partial charge in [0.15, 0.2) is 0 Å². The van der Waals surface area contributed by atoms with E-state index in [9.17, 15) is 9.90 Å². The van der Waals surface area contributed by atoms with Crippen molar-refractivity contribution >= 4 is 5.97 Å². The molecule has 1 N–H and O–H groups in total. The largest absolute Gasteiger partial charge is 0.481 e. The summed E-state index contributed by atoms with van der Waals surface area (Å²) in [7, 11) is 0. The third-order valence-corrected chi connectivity index (χ3v) is 9.15. The molecule has 0 bridgehead atoms. The number of carboxylic acid groups (broad SMARTS) is 1. The Morgan fingerprint density at radius 3 is 1.45 bits per heavy atom. The molecule has 0 aromatic rings. The molecule has 0 saturated heterocycles. The molecule has 0 aromatic heterocycles. The van der Waals surface area contributed by atoms with Crippen molar-refractivity contribution in [3.63, 3.8) is 0 Å². The number of aliphatic carboxylic acids is 1. The first-order chi connectivity index (χ1) is 19.3. The van der Waals surface area contributed by atoms with E-state index in [0.29, 0.717) is 6.42 Å². The molecule has 3 unspecified atom stereocenters. The van der Waals surface area contributed by atoms with Crippen molar-refractivity contribution < 1.29 is 9.90 Å². The van der Waals surface area contributed by atoms with E-state index in [0.717, 1.165) is 37.0 Å². The number of carboxylic acids is 1. The SMILES string of the molecule is CCCCCCCCCCCCCCCCC(CC=C(C)CCCC(C)CCCC(C)CCCC(C)C)C(=O)O. The summed E-state index contributed by atoms with van der Waals surface area (Å²) < 4.78 is 0. The molecule has 0 amide bonds. The van der Waals surface area contributed by atoms with Crippen LogP contribution in [0.5, 0.6) is 0 Å². The Bertz CT molecular complexity index is 578. The van der Waals surface area contributed by atoms with Gasteiger partial charge in [-0.2, -0.15) is 0 Å². The molecular formula is C38H74O2. The Labute approximate surface area is 253 Å². The topological polar surface area (TPSA) is 37.3 Å². The van der Waals surface area contributed by atoms with E-state index in [1.54, 1.807) is 0 Å². The highest BCUT2D eigenvalue weighted by Gasteiger charge is 2.15. The first kappa shape index (κ1) is 39.2. The molecule has 0 rings (SSSR count). The highest BCUT2D eigenvalue weighted by atomic mass is 16.4. The number of hydrogen-bond acceptors (Lipinski definition) is 1. The average molecular weight is 563 g/mol. The first-order valence-electron chi connectivity index (χ1n) is 18.1. The van der Waals surface area contributed by atoms with Gasteiger partial charge in [-0.15, -0.1) is 0 Å². The van der Waals surface area contributed by atoms with Gasteiger partial charge in [-0.1, -0.05) is 181 Å². The van der Waals surface area contributed by atoms with Crippen molar-refractivity contribution in [2.75, 3.05) is 0 Å². The van der Waals surface area contributed by atoms with Crippen LogP contribution in [0.1, 0.15) is 202 Å². The standard InChI is InChI=1S/C38H74O2/c1-7-8-9-10-11-12-13-14-15-16-17-18-19-20-30-37(38(39)40)32-31-36(6)29-23-28-35(5)27-22-26-34(4)25-21-24-33(2)3/h31,33-35,37H,7-30,32H2,1-6H3,(H,39,40). The zero-order chi connectivity index (χ0) is 29.8. The van der Waals surface area contributed by atoms with Crippen LogP contribution in [-0.2, 0) is 4.79 Å². The molecule has 2 heteroatoms. The van der Waals surface area contributed by atoms with Crippen LogP contribution in [-0.4, -0.2) is 11.1 Å². The molecule has 3 atom stereocenters. The van der Waals surface area contributed by atoms with E-state index >= 15 is 0 Å². The quantitative estimate of drug-likeness (QED) is 0.0698. The maximum atomic E-state index is 11.8. The highest BCUT2D eigenvalue weighted by molar-refractivity contribution is 5.70. The maximum absolute atomic E-state index is 11.8. The number of unbranched alkanes of at least 4 members (excludes halogenated alkanes) is 13. The molecule has 0 fully saturated rings. The van der Waals surface area contributed by atoms with Gasteiger partial charge in [-0.3, -0.25) is 4.79 Å². The van der Waals surface area contributed by atoms with Gasteiger partial charge in [0, 0.05) is 0 Å². The van der Waals surface area contributed by atoms with E-state index in [1.165, 1.54) is 140 Å². The summed E-state index contributed by atoms with van der Waals surface area (Å²) in [4.78, 5) is 11.8. The van der Waals surface area contributed by atoms with E-state index < -0.39 is 5.97 Å².